The van der Waals surface area contributed by atoms with Gasteiger partial charge in [-0.2, -0.15) is 4.36 Å². The van der Waals surface area contributed by atoms with Crippen molar-refractivity contribution in [2.24, 2.45) is 4.36 Å². The first-order valence-corrected chi connectivity index (χ1v) is 10.5. The summed E-state index contributed by atoms with van der Waals surface area (Å²) in [5.74, 6) is 1.15. The Morgan fingerprint density at radius 2 is 2.21 bits per heavy atom. The minimum Gasteiger partial charge on any atom is -0.496 e. The van der Waals surface area contributed by atoms with Crippen LogP contribution in [0, 0.1) is 0 Å². The number of benzene rings is 1. The Hall–Kier alpha value is -1.11. The highest BCUT2D eigenvalue weighted by Gasteiger charge is 2.40. The largest absolute Gasteiger partial charge is 0.496 e. The fourth-order valence-electron chi connectivity index (χ4n) is 3.77. The van der Waals surface area contributed by atoms with Gasteiger partial charge in [-0.1, -0.05) is 17.7 Å². The predicted octanol–water partition coefficient (Wildman–Crippen LogP) is 2.80. The molecule has 3 rings (SSSR count). The zero-order valence-electron chi connectivity index (χ0n) is 13.8. The molecule has 2 saturated heterocycles. The van der Waals surface area contributed by atoms with E-state index in [0.29, 0.717) is 27.8 Å². The first-order chi connectivity index (χ1) is 11.5. The summed E-state index contributed by atoms with van der Waals surface area (Å²) in [6.45, 7) is 0.959. The van der Waals surface area contributed by atoms with Gasteiger partial charge in [0.2, 0.25) is 0 Å². The second-order valence-corrected chi connectivity index (χ2v) is 9.45. The van der Waals surface area contributed by atoms with E-state index >= 15 is 0 Å². The van der Waals surface area contributed by atoms with Gasteiger partial charge in [-0.25, -0.2) is 4.21 Å². The van der Waals surface area contributed by atoms with Crippen LogP contribution in [0.4, 0.5) is 0 Å². The quantitative estimate of drug-likeness (QED) is 0.888. The molecule has 2 fully saturated rings. The number of carbonyl (C=O) groups excluding carboxylic acids is 1. The molecule has 1 spiro atoms. The molecule has 2 heterocycles. The molecule has 1 aromatic rings. The van der Waals surface area contributed by atoms with Gasteiger partial charge in [0.05, 0.1) is 29.0 Å². The van der Waals surface area contributed by atoms with Crippen molar-refractivity contribution in [2.75, 3.05) is 25.2 Å². The summed E-state index contributed by atoms with van der Waals surface area (Å²) in [5.41, 5.74) is 0.518. The van der Waals surface area contributed by atoms with Crippen LogP contribution in [0.5, 0.6) is 5.75 Å². The molecule has 1 aromatic carbocycles. The molecule has 0 radical (unpaired) electrons. The van der Waals surface area contributed by atoms with Crippen LogP contribution in [0.25, 0.3) is 0 Å². The lowest BCUT2D eigenvalue weighted by atomic mass is 9.94. The number of halogens is 1. The van der Waals surface area contributed by atoms with Crippen LogP contribution in [-0.4, -0.2) is 40.8 Å². The molecule has 5 nitrogen and oxygen atoms in total. The van der Waals surface area contributed by atoms with E-state index in [2.05, 4.69) is 9.68 Å². The topological polar surface area (TPSA) is 67.8 Å². The highest BCUT2D eigenvalue weighted by Crippen LogP contribution is 2.32. The molecule has 0 bridgehead atoms. The summed E-state index contributed by atoms with van der Waals surface area (Å²) >= 11 is 6.17. The number of nitrogens with zero attached hydrogens (tertiary/aromatic N) is 1. The van der Waals surface area contributed by atoms with Crippen molar-refractivity contribution in [1.29, 1.82) is 0 Å². The van der Waals surface area contributed by atoms with Crippen LogP contribution in [-0.2, 0) is 20.9 Å². The highest BCUT2D eigenvalue weighted by atomic mass is 35.5. The zero-order chi connectivity index (χ0) is 17.2. The molecule has 7 heteroatoms. The lowest BCUT2D eigenvalue weighted by Crippen LogP contribution is -2.49. The smallest absolute Gasteiger partial charge is 0.258 e. The molecule has 24 heavy (non-hydrogen) atoms. The normalized spacial score (nSPS) is 29.6. The molecule has 132 valence electrons. The van der Waals surface area contributed by atoms with Gasteiger partial charge >= 0.3 is 0 Å². The third-order valence-electron chi connectivity index (χ3n) is 4.84. The molecular formula is C17H23ClN2O3S. The Bertz CT molecular complexity index is 750. The van der Waals surface area contributed by atoms with Crippen LogP contribution in [0.2, 0.25) is 5.02 Å². The average molecular weight is 371 g/mol. The molecule has 1 N–H and O–H groups in total. The van der Waals surface area contributed by atoms with E-state index in [4.69, 9.17) is 16.3 Å². The van der Waals surface area contributed by atoms with Gasteiger partial charge in [0.15, 0.2) is 0 Å². The molecule has 1 amide bonds. The lowest BCUT2D eigenvalue weighted by molar-refractivity contribution is -0.117. The van der Waals surface area contributed by atoms with E-state index in [9.17, 15) is 9.00 Å². The minimum absolute atomic E-state index is 0.0142. The monoisotopic (exact) mass is 370 g/mol. The van der Waals surface area contributed by atoms with Crippen molar-refractivity contribution in [3.63, 3.8) is 0 Å². The molecule has 2 aliphatic rings. The van der Waals surface area contributed by atoms with Crippen molar-refractivity contribution in [2.45, 2.75) is 37.6 Å². The van der Waals surface area contributed by atoms with E-state index in [1.165, 1.54) is 7.11 Å². The van der Waals surface area contributed by atoms with E-state index in [-0.39, 0.29) is 17.9 Å². The first kappa shape index (κ1) is 17.7. The third kappa shape index (κ3) is 3.76. The van der Waals surface area contributed by atoms with Crippen LogP contribution in [0.1, 0.15) is 31.2 Å². The number of rotatable bonds is 3. The highest BCUT2D eigenvalue weighted by molar-refractivity contribution is 7.94. The second-order valence-electron chi connectivity index (χ2n) is 6.62. The van der Waals surface area contributed by atoms with E-state index in [1.54, 1.807) is 18.2 Å². The van der Waals surface area contributed by atoms with Crippen molar-refractivity contribution in [1.82, 2.24) is 5.32 Å². The van der Waals surface area contributed by atoms with Gasteiger partial charge in [0.25, 0.3) is 5.91 Å². The average Bonchev–Trinajstić information content (AvgIpc) is 2.96. The molecule has 0 aromatic heterocycles. The Kier molecular flexibility index (Phi) is 5.18. The Morgan fingerprint density at radius 3 is 2.92 bits per heavy atom. The molecular weight excluding hydrogens is 348 g/mol. The maximum atomic E-state index is 13.1. The fraction of sp³-hybridized carbons (Fsp3) is 0.588. The van der Waals surface area contributed by atoms with Crippen LogP contribution in [0.15, 0.2) is 22.6 Å². The summed E-state index contributed by atoms with van der Waals surface area (Å²) in [5, 5.41) is 3.95. The minimum atomic E-state index is -2.50. The number of hydrogen-bond acceptors (Lipinski definition) is 4. The number of carbonyl (C=O) groups is 1. The fourth-order valence-corrected chi connectivity index (χ4v) is 6.58. The molecule has 0 aliphatic carbocycles. The predicted molar refractivity (Wildman–Crippen MR) is 96.2 cm³/mol. The van der Waals surface area contributed by atoms with Gasteiger partial charge in [0.1, 0.15) is 5.75 Å². The molecule has 2 atom stereocenters. The number of amides is 1. The number of ether oxygens (including phenoxy) is 1. The van der Waals surface area contributed by atoms with Gasteiger partial charge < -0.3 is 10.1 Å². The molecule has 2 aliphatic heterocycles. The summed E-state index contributed by atoms with van der Waals surface area (Å²) < 4.78 is 22.5. The van der Waals surface area contributed by atoms with Crippen molar-refractivity contribution in [3.8, 4) is 5.75 Å². The van der Waals surface area contributed by atoms with Gasteiger partial charge in [-0.15, -0.1) is 0 Å². The van der Waals surface area contributed by atoms with Gasteiger partial charge in [-0.05, 0) is 44.4 Å². The van der Waals surface area contributed by atoms with Crippen molar-refractivity contribution < 1.29 is 13.7 Å². The van der Waals surface area contributed by atoms with E-state index in [1.807, 2.05) is 0 Å². The Labute approximate surface area is 148 Å². The maximum Gasteiger partial charge on any atom is 0.258 e. The number of methoxy groups -OCH3 is 1. The third-order valence-corrected chi connectivity index (χ3v) is 7.67. The van der Waals surface area contributed by atoms with Crippen molar-refractivity contribution in [3.05, 3.63) is 28.8 Å². The Balaban J connectivity index is 1.80. The van der Waals surface area contributed by atoms with E-state index in [0.717, 1.165) is 32.2 Å². The summed E-state index contributed by atoms with van der Waals surface area (Å²) in [7, 11) is -0.969. The van der Waals surface area contributed by atoms with Crippen LogP contribution in [0.3, 0.4) is 0 Å². The van der Waals surface area contributed by atoms with Crippen molar-refractivity contribution >= 4 is 27.2 Å². The summed E-state index contributed by atoms with van der Waals surface area (Å²) in [6.07, 6.45) is 4.00. The molecule has 0 saturated carbocycles. The Morgan fingerprint density at radius 1 is 1.42 bits per heavy atom. The summed E-state index contributed by atoms with van der Waals surface area (Å²) in [4.78, 5) is 12.4. The lowest BCUT2D eigenvalue weighted by Gasteiger charge is -2.35. The molecule has 2 unspecified atom stereocenters. The second kappa shape index (κ2) is 7.02. The van der Waals surface area contributed by atoms with Gasteiger partial charge in [-0.3, -0.25) is 4.79 Å². The van der Waals surface area contributed by atoms with Gasteiger partial charge in [0, 0.05) is 21.9 Å². The standard InChI is InChI=1S/C17H23ClN2O3S/c1-23-15-6-2-5-14(18)13(15)11-16(21)20-24(22)10-4-8-17(12-24)7-3-9-19-17/h2,5-6,19H,3-4,7-12H2,1H3. The number of hydrogen-bond donors (Lipinski definition) is 1. The SMILES string of the molecule is COc1cccc(Cl)c1CC(=O)N=S1(=O)CCCC2(CCCN2)C1. The number of nitrogens with one attached hydrogen (secondary N) is 1. The van der Waals surface area contributed by atoms with Crippen LogP contribution >= 0.6 is 11.6 Å². The first-order valence-electron chi connectivity index (χ1n) is 8.27. The summed E-state index contributed by atoms with van der Waals surface area (Å²) in [6, 6.07) is 5.24. The van der Waals surface area contributed by atoms with E-state index < -0.39 is 9.73 Å². The zero-order valence-corrected chi connectivity index (χ0v) is 15.4. The van der Waals surface area contributed by atoms with Crippen LogP contribution < -0.4 is 10.1 Å². The maximum absolute atomic E-state index is 13.1.